The summed E-state index contributed by atoms with van der Waals surface area (Å²) in [5.74, 6) is 6.83. The SMILES string of the molecule is Nc1ccc(Oc2ccccc2-c2c(Oc3ccc(N)cc3)ccc(-c3c(-c4ccccc4Oc4cccc(N)c4)c(-c4ccccc4Oc4cccc(N)c4)c(Oc4ccc(N)cc4)c(-c4ccccc4Oc4cccc(N)c4)c3-c3ccccc3Oc3cccc(N)c3)c2-c2ccccc2Oc2ccc(N)cc2)cc1. The first-order chi connectivity index (χ1) is 54.8. The fraction of sp³-hybridized carbons (Fsp3) is 0. The van der Waals surface area contributed by atoms with E-state index in [0.717, 1.165) is 0 Å². The Balaban J connectivity index is 1.19. The van der Waals surface area contributed by atoms with Crippen LogP contribution in [0.3, 0.4) is 0 Å². The van der Waals surface area contributed by atoms with Crippen molar-refractivity contribution >= 4 is 45.5 Å². The van der Waals surface area contributed by atoms with Crippen LogP contribution in [0, 0.1) is 0 Å². The van der Waals surface area contributed by atoms with Crippen LogP contribution in [0.25, 0.3) is 77.9 Å². The fourth-order valence-corrected chi connectivity index (χ4v) is 13.6. The summed E-state index contributed by atoms with van der Waals surface area (Å²) in [5.41, 5.74) is 64.2. The lowest BCUT2D eigenvalue weighted by molar-refractivity contribution is 0.475. The summed E-state index contributed by atoms with van der Waals surface area (Å²) < 4.78 is 59.1. The van der Waals surface area contributed by atoms with E-state index in [4.69, 9.17) is 83.8 Å². The van der Waals surface area contributed by atoms with Gasteiger partial charge in [-0.05, 0) is 205 Å². The van der Waals surface area contributed by atoms with E-state index >= 15 is 0 Å². The van der Waals surface area contributed by atoms with Crippen molar-refractivity contribution in [2.75, 3.05) is 45.9 Å². The number of nitrogens with two attached hydrogens (primary N) is 8. The van der Waals surface area contributed by atoms with E-state index in [9.17, 15) is 0 Å². The zero-order valence-electron chi connectivity index (χ0n) is 60.4. The van der Waals surface area contributed by atoms with Gasteiger partial charge >= 0.3 is 0 Å². The molecule has 0 spiro atoms. The van der Waals surface area contributed by atoms with Crippen LogP contribution in [0.5, 0.6) is 92.0 Å². The van der Waals surface area contributed by atoms with Crippen LogP contribution < -0.4 is 83.8 Å². The molecule has 0 atom stereocenters. The molecule has 0 aliphatic rings. The fourth-order valence-electron chi connectivity index (χ4n) is 13.6. The molecule has 0 saturated heterocycles. The van der Waals surface area contributed by atoms with Crippen LogP contribution in [0.4, 0.5) is 45.5 Å². The van der Waals surface area contributed by atoms with E-state index in [1.807, 2.05) is 261 Å². The van der Waals surface area contributed by atoms with Crippen LogP contribution in [0.2, 0.25) is 0 Å². The summed E-state index contributed by atoms with van der Waals surface area (Å²) in [4.78, 5) is 0. The van der Waals surface area contributed by atoms with E-state index in [-0.39, 0.29) is 0 Å². The molecule has 546 valence electrons. The molecule has 112 heavy (non-hydrogen) atoms. The summed E-state index contributed by atoms with van der Waals surface area (Å²) in [5, 5.41) is 0. The number of benzene rings is 16. The standard InChI is InChI=1S/C96H74N8O8/c97-59-37-45-67(46-38-59)105-82-31-7-1-25-75(82)89-81(53-54-88(107-69-49-41-61(99)42-50-69)90(89)76-26-2-8-32-83(76)106-68-47-39-60(98)40-48-68)93-91(77-27-3-9-33-84(77)108-71-21-13-17-63(101)55-71)94(79-29-5-11-35-86(79)110-73-23-15-19-65(103)57-73)96(112-70-51-43-62(100)44-52-70)95(80-30-6-12-36-87(80)111-74-24-16-20-66(104)58-74)92(93)78-28-4-10-34-85(78)109-72-22-14-18-64(102)56-72/h1-58H,97-104H2. The average Bonchev–Trinajstić information content (AvgIpc) is 0.702. The Bertz CT molecular complexity index is 5930. The summed E-state index contributed by atoms with van der Waals surface area (Å²) in [7, 11) is 0. The van der Waals surface area contributed by atoms with Gasteiger partial charge in [-0.25, -0.2) is 0 Å². The quantitative estimate of drug-likeness (QED) is 0.0276. The number of hydrogen-bond acceptors (Lipinski definition) is 16. The molecule has 0 amide bonds. The van der Waals surface area contributed by atoms with Crippen molar-refractivity contribution in [3.63, 3.8) is 0 Å². The maximum atomic E-state index is 7.99. The largest absolute Gasteiger partial charge is 0.457 e. The van der Waals surface area contributed by atoms with Gasteiger partial charge in [0.1, 0.15) is 92.0 Å². The highest BCUT2D eigenvalue weighted by Gasteiger charge is 2.37. The molecule has 0 fully saturated rings. The third-order valence-corrected chi connectivity index (χ3v) is 18.6. The summed E-state index contributed by atoms with van der Waals surface area (Å²) in [6, 6.07) is 109. The number of nitrogen functional groups attached to an aromatic ring is 8. The van der Waals surface area contributed by atoms with Crippen molar-refractivity contribution in [1.82, 2.24) is 0 Å². The van der Waals surface area contributed by atoms with Crippen molar-refractivity contribution in [3.8, 4) is 170 Å². The van der Waals surface area contributed by atoms with Gasteiger partial charge in [0.2, 0.25) is 0 Å². The molecular formula is C96H74N8O8. The normalized spacial score (nSPS) is 11.0. The molecule has 16 aromatic rings. The summed E-state index contributed by atoms with van der Waals surface area (Å²) in [6.07, 6.45) is 0. The van der Waals surface area contributed by atoms with Gasteiger partial charge in [0.05, 0.1) is 0 Å². The molecule has 16 aromatic carbocycles. The van der Waals surface area contributed by atoms with Gasteiger partial charge in [0, 0.05) is 137 Å². The number of anilines is 8. The van der Waals surface area contributed by atoms with Crippen LogP contribution in [0.15, 0.2) is 352 Å². The molecule has 16 nitrogen and oxygen atoms in total. The zero-order chi connectivity index (χ0) is 76.6. The predicted octanol–water partition coefficient (Wildman–Crippen LogP) is 24.4. The smallest absolute Gasteiger partial charge is 0.144 e. The van der Waals surface area contributed by atoms with Gasteiger partial charge in [-0.1, -0.05) is 133 Å². The van der Waals surface area contributed by atoms with Gasteiger partial charge in [0.25, 0.3) is 0 Å². The van der Waals surface area contributed by atoms with Crippen molar-refractivity contribution in [3.05, 3.63) is 352 Å². The van der Waals surface area contributed by atoms with E-state index < -0.39 is 0 Å². The first-order valence-electron chi connectivity index (χ1n) is 36.0. The molecule has 16 N–H and O–H groups in total. The van der Waals surface area contributed by atoms with Crippen LogP contribution in [-0.4, -0.2) is 0 Å². The predicted molar refractivity (Wildman–Crippen MR) is 452 cm³/mol. The third-order valence-electron chi connectivity index (χ3n) is 18.6. The van der Waals surface area contributed by atoms with Gasteiger partial charge < -0.3 is 83.8 Å². The molecule has 0 saturated carbocycles. The molecule has 0 aliphatic carbocycles. The first-order valence-corrected chi connectivity index (χ1v) is 36.0. The molecule has 0 aromatic heterocycles. The lowest BCUT2D eigenvalue weighted by Gasteiger charge is -2.31. The minimum atomic E-state index is 0.294. The van der Waals surface area contributed by atoms with Crippen LogP contribution in [-0.2, 0) is 0 Å². The van der Waals surface area contributed by atoms with Crippen molar-refractivity contribution < 1.29 is 37.9 Å². The van der Waals surface area contributed by atoms with Crippen LogP contribution >= 0.6 is 0 Å². The second kappa shape index (κ2) is 31.4. The third kappa shape index (κ3) is 15.4. The van der Waals surface area contributed by atoms with Crippen molar-refractivity contribution in [2.45, 2.75) is 0 Å². The Morgan fingerprint density at radius 3 is 0.661 bits per heavy atom. The highest BCUT2D eigenvalue weighted by atomic mass is 16.5. The Labute approximate surface area is 647 Å². The number of rotatable bonds is 23. The molecule has 0 heterocycles. The van der Waals surface area contributed by atoms with E-state index in [0.29, 0.717) is 215 Å². The van der Waals surface area contributed by atoms with Gasteiger partial charge in [-0.2, -0.15) is 0 Å². The van der Waals surface area contributed by atoms with E-state index in [1.54, 1.807) is 84.9 Å². The van der Waals surface area contributed by atoms with Crippen molar-refractivity contribution in [1.29, 1.82) is 0 Å². The minimum Gasteiger partial charge on any atom is -0.457 e. The van der Waals surface area contributed by atoms with Gasteiger partial charge in [0.15, 0.2) is 0 Å². The summed E-state index contributed by atoms with van der Waals surface area (Å²) >= 11 is 0. The monoisotopic (exact) mass is 1470 g/mol. The second-order valence-electron chi connectivity index (χ2n) is 26.4. The molecule has 0 unspecified atom stereocenters. The maximum absolute atomic E-state index is 7.99. The Kier molecular flexibility index (Phi) is 19.8. The van der Waals surface area contributed by atoms with E-state index in [2.05, 4.69) is 6.07 Å². The molecule has 16 rings (SSSR count). The number of para-hydroxylation sites is 6. The summed E-state index contributed by atoms with van der Waals surface area (Å²) in [6.45, 7) is 0. The first kappa shape index (κ1) is 70.6. The molecular weight excluding hydrogens is 1390 g/mol. The Hall–Kier alpha value is -15.7. The topological polar surface area (TPSA) is 282 Å². The highest BCUT2D eigenvalue weighted by molar-refractivity contribution is 6.17. The number of hydrogen-bond donors (Lipinski definition) is 8. The lowest BCUT2D eigenvalue weighted by Crippen LogP contribution is -2.06. The average molecular weight is 1470 g/mol. The number of ether oxygens (including phenoxy) is 8. The lowest BCUT2D eigenvalue weighted by atomic mass is 9.75. The van der Waals surface area contributed by atoms with Crippen molar-refractivity contribution in [2.24, 2.45) is 0 Å². The maximum Gasteiger partial charge on any atom is 0.144 e. The zero-order valence-corrected chi connectivity index (χ0v) is 60.4. The van der Waals surface area contributed by atoms with E-state index in [1.165, 1.54) is 0 Å². The highest BCUT2D eigenvalue weighted by Crippen LogP contribution is 2.64. The van der Waals surface area contributed by atoms with Gasteiger partial charge in [-0.15, -0.1) is 0 Å². The second-order valence-corrected chi connectivity index (χ2v) is 26.4. The molecule has 0 radical (unpaired) electrons. The Morgan fingerprint density at radius 2 is 0.366 bits per heavy atom. The minimum absolute atomic E-state index is 0.294. The van der Waals surface area contributed by atoms with Crippen LogP contribution in [0.1, 0.15) is 0 Å². The van der Waals surface area contributed by atoms with Gasteiger partial charge in [-0.3, -0.25) is 0 Å². The molecule has 0 bridgehead atoms. The Morgan fingerprint density at radius 1 is 0.134 bits per heavy atom. The molecule has 16 heteroatoms. The molecule has 0 aliphatic heterocycles.